The van der Waals surface area contributed by atoms with Crippen molar-refractivity contribution < 1.29 is 4.79 Å². The number of amides is 1. The van der Waals surface area contributed by atoms with Crippen molar-refractivity contribution in [2.45, 2.75) is 40.0 Å². The summed E-state index contributed by atoms with van der Waals surface area (Å²) in [5, 5.41) is 0. The third-order valence-corrected chi connectivity index (χ3v) is 4.46. The molecule has 0 saturated carbocycles. The van der Waals surface area contributed by atoms with Crippen LogP contribution in [0.25, 0.3) is 0 Å². The van der Waals surface area contributed by atoms with Gasteiger partial charge in [0, 0.05) is 13.1 Å². The van der Waals surface area contributed by atoms with Crippen LogP contribution < -0.4 is 0 Å². The first-order valence-electron chi connectivity index (χ1n) is 8.10. The van der Waals surface area contributed by atoms with E-state index in [0.29, 0.717) is 25.0 Å². The van der Waals surface area contributed by atoms with E-state index in [9.17, 15) is 4.79 Å². The molecule has 1 fully saturated rings. The first-order chi connectivity index (χ1) is 9.88. The summed E-state index contributed by atoms with van der Waals surface area (Å²) in [6.45, 7) is 18.2. The number of carbonyl (C=O) groups is 1. The molecule has 0 bridgehead atoms. The molecule has 0 aromatic rings. The quantitative estimate of drug-likeness (QED) is 0.701. The predicted octanol–water partition coefficient (Wildman–Crippen LogP) is 3.34. The highest BCUT2D eigenvalue weighted by atomic mass is 16.2. The number of hydrogen-bond acceptors (Lipinski definition) is 2. The van der Waals surface area contributed by atoms with Gasteiger partial charge in [-0.25, -0.2) is 0 Å². The van der Waals surface area contributed by atoms with Crippen molar-refractivity contribution >= 4 is 5.91 Å². The molecule has 1 saturated heterocycles. The van der Waals surface area contributed by atoms with E-state index in [-0.39, 0.29) is 5.91 Å². The van der Waals surface area contributed by atoms with E-state index in [1.165, 1.54) is 19.3 Å². The van der Waals surface area contributed by atoms with Crippen LogP contribution in [-0.4, -0.2) is 48.4 Å². The maximum absolute atomic E-state index is 12.4. The lowest BCUT2D eigenvalue weighted by Gasteiger charge is -2.30. The molecule has 3 heteroatoms. The summed E-state index contributed by atoms with van der Waals surface area (Å²) < 4.78 is 0. The van der Waals surface area contributed by atoms with Gasteiger partial charge in [0.1, 0.15) is 0 Å². The van der Waals surface area contributed by atoms with Crippen LogP contribution in [0.5, 0.6) is 0 Å². The van der Waals surface area contributed by atoms with Gasteiger partial charge in [0.2, 0.25) is 5.91 Å². The molecule has 21 heavy (non-hydrogen) atoms. The van der Waals surface area contributed by atoms with Gasteiger partial charge in [0.25, 0.3) is 0 Å². The van der Waals surface area contributed by atoms with Crippen LogP contribution in [0.1, 0.15) is 40.0 Å². The second-order valence-electron chi connectivity index (χ2n) is 7.15. The number of likely N-dealkylation sites (tertiary alicyclic amines) is 1. The number of carbonyl (C=O) groups excluding carboxylic acids is 1. The third kappa shape index (κ3) is 6.04. The largest absolute Gasteiger partial charge is 0.334 e. The summed E-state index contributed by atoms with van der Waals surface area (Å²) in [5.41, 5.74) is 0.373. The van der Waals surface area contributed by atoms with Crippen molar-refractivity contribution in [2.75, 3.05) is 32.7 Å². The fourth-order valence-corrected chi connectivity index (χ4v) is 3.06. The van der Waals surface area contributed by atoms with Gasteiger partial charge in [0.15, 0.2) is 0 Å². The summed E-state index contributed by atoms with van der Waals surface area (Å²) in [6, 6.07) is 0. The molecular formula is C18H32N2O. The van der Waals surface area contributed by atoms with E-state index >= 15 is 0 Å². The molecule has 1 aliphatic rings. The number of rotatable bonds is 6. The van der Waals surface area contributed by atoms with Crippen molar-refractivity contribution in [1.29, 1.82) is 0 Å². The van der Waals surface area contributed by atoms with Crippen molar-refractivity contribution in [2.24, 2.45) is 11.3 Å². The standard InChI is InChI=1S/C18H32N2O/c1-6-11-20(12-7-2)17(21)15-19-13-8-9-16(10-14-19)18(3,4)5/h6-7,16H,1-2,8-15H2,3-5H3. The van der Waals surface area contributed by atoms with Gasteiger partial charge in [-0.15, -0.1) is 13.2 Å². The van der Waals surface area contributed by atoms with Crippen molar-refractivity contribution in [3.63, 3.8) is 0 Å². The third-order valence-electron chi connectivity index (χ3n) is 4.46. The van der Waals surface area contributed by atoms with Gasteiger partial charge in [-0.2, -0.15) is 0 Å². The lowest BCUT2D eigenvalue weighted by molar-refractivity contribution is -0.131. The highest BCUT2D eigenvalue weighted by Crippen LogP contribution is 2.34. The average Bonchev–Trinajstić information content (AvgIpc) is 2.63. The fourth-order valence-electron chi connectivity index (χ4n) is 3.06. The predicted molar refractivity (Wildman–Crippen MR) is 90.2 cm³/mol. The smallest absolute Gasteiger partial charge is 0.237 e. The Balaban J connectivity index is 2.52. The molecule has 3 nitrogen and oxygen atoms in total. The minimum atomic E-state index is 0.184. The Hall–Kier alpha value is -1.09. The molecule has 0 aromatic heterocycles. The molecule has 0 spiro atoms. The van der Waals surface area contributed by atoms with Gasteiger partial charge in [-0.05, 0) is 43.7 Å². The second kappa shape index (κ2) is 8.38. The Morgan fingerprint density at radius 1 is 1.19 bits per heavy atom. The monoisotopic (exact) mass is 292 g/mol. The van der Waals surface area contributed by atoms with Gasteiger partial charge < -0.3 is 4.90 Å². The van der Waals surface area contributed by atoms with Crippen LogP contribution >= 0.6 is 0 Å². The SMILES string of the molecule is C=CCN(CC=C)C(=O)CN1CCCC(C(C)(C)C)CC1. The van der Waals surface area contributed by atoms with Crippen LogP contribution in [0.3, 0.4) is 0 Å². The molecule has 1 unspecified atom stereocenters. The molecule has 0 N–H and O–H groups in total. The lowest BCUT2D eigenvalue weighted by atomic mass is 9.77. The summed E-state index contributed by atoms with van der Waals surface area (Å²) in [7, 11) is 0. The van der Waals surface area contributed by atoms with E-state index in [1.807, 2.05) is 4.90 Å². The summed E-state index contributed by atoms with van der Waals surface area (Å²) in [4.78, 5) is 16.5. The first-order valence-corrected chi connectivity index (χ1v) is 8.10. The molecule has 0 radical (unpaired) electrons. The minimum absolute atomic E-state index is 0.184. The topological polar surface area (TPSA) is 23.6 Å². The van der Waals surface area contributed by atoms with Gasteiger partial charge in [0.05, 0.1) is 6.54 Å². The Labute approximate surface area is 130 Å². The van der Waals surface area contributed by atoms with Crippen molar-refractivity contribution in [1.82, 2.24) is 9.80 Å². The number of hydrogen-bond donors (Lipinski definition) is 0. The van der Waals surface area contributed by atoms with E-state index in [1.54, 1.807) is 12.2 Å². The molecule has 1 atom stereocenters. The van der Waals surface area contributed by atoms with Crippen LogP contribution in [0, 0.1) is 11.3 Å². The van der Waals surface area contributed by atoms with E-state index in [4.69, 9.17) is 0 Å². The Morgan fingerprint density at radius 2 is 1.81 bits per heavy atom. The molecule has 1 rings (SSSR count). The summed E-state index contributed by atoms with van der Waals surface area (Å²) >= 11 is 0. The zero-order chi connectivity index (χ0) is 15.9. The van der Waals surface area contributed by atoms with Crippen LogP contribution in [0.4, 0.5) is 0 Å². The molecule has 0 aromatic carbocycles. The maximum atomic E-state index is 12.4. The first kappa shape index (κ1) is 18.0. The molecular weight excluding hydrogens is 260 g/mol. The maximum Gasteiger partial charge on any atom is 0.237 e. The van der Waals surface area contributed by atoms with Crippen LogP contribution in [0.15, 0.2) is 25.3 Å². The van der Waals surface area contributed by atoms with Gasteiger partial charge in [-0.1, -0.05) is 32.9 Å². The summed E-state index contributed by atoms with van der Waals surface area (Å²) in [6.07, 6.45) is 7.22. The molecule has 1 amide bonds. The van der Waals surface area contributed by atoms with E-state index < -0.39 is 0 Å². The van der Waals surface area contributed by atoms with Crippen LogP contribution in [-0.2, 0) is 4.79 Å². The van der Waals surface area contributed by atoms with Crippen molar-refractivity contribution in [3.05, 3.63) is 25.3 Å². The van der Waals surface area contributed by atoms with E-state index in [2.05, 4.69) is 38.8 Å². The molecule has 120 valence electrons. The Kier molecular flexibility index (Phi) is 7.16. The Bertz CT molecular complexity index is 347. The Morgan fingerprint density at radius 3 is 2.33 bits per heavy atom. The van der Waals surface area contributed by atoms with Crippen LogP contribution in [0.2, 0.25) is 0 Å². The minimum Gasteiger partial charge on any atom is -0.334 e. The van der Waals surface area contributed by atoms with E-state index in [0.717, 1.165) is 19.0 Å². The molecule has 0 aliphatic carbocycles. The highest BCUT2D eigenvalue weighted by Gasteiger charge is 2.27. The highest BCUT2D eigenvalue weighted by molar-refractivity contribution is 5.78. The van der Waals surface area contributed by atoms with Gasteiger partial charge in [-0.3, -0.25) is 9.69 Å². The zero-order valence-corrected chi connectivity index (χ0v) is 14.1. The summed E-state index contributed by atoms with van der Waals surface area (Å²) in [5.74, 6) is 0.944. The normalized spacial score (nSPS) is 20.6. The number of nitrogens with zero attached hydrogens (tertiary/aromatic N) is 2. The lowest BCUT2D eigenvalue weighted by Crippen LogP contribution is -2.41. The molecule has 1 aliphatic heterocycles. The molecule has 1 heterocycles. The van der Waals surface area contributed by atoms with Gasteiger partial charge >= 0.3 is 0 Å². The zero-order valence-electron chi connectivity index (χ0n) is 14.1. The van der Waals surface area contributed by atoms with Crippen molar-refractivity contribution in [3.8, 4) is 0 Å². The second-order valence-corrected chi connectivity index (χ2v) is 7.15. The fraction of sp³-hybridized carbons (Fsp3) is 0.722. The average molecular weight is 292 g/mol.